The van der Waals surface area contributed by atoms with Crippen LogP contribution < -0.4 is 5.69 Å². The van der Waals surface area contributed by atoms with E-state index in [1.807, 2.05) is 20.8 Å². The fraction of sp³-hybridized carbons (Fsp3) is 0.500. The number of nitrogens with zero attached hydrogens (tertiary/aromatic N) is 2. The van der Waals surface area contributed by atoms with E-state index >= 15 is 0 Å². The normalized spacial score (nSPS) is 8.36. The van der Waals surface area contributed by atoms with E-state index in [-0.39, 0.29) is 5.69 Å². The minimum atomic E-state index is -0.199. The Morgan fingerprint density at radius 1 is 1.45 bits per heavy atom. The quantitative estimate of drug-likeness (QED) is 0.561. The zero-order valence-electron chi connectivity index (χ0n) is 7.46. The highest BCUT2D eigenvalue weighted by Crippen LogP contribution is 1.85. The monoisotopic (exact) mass is 154 g/mol. The molecule has 0 aliphatic carbocycles. The molecule has 0 saturated carbocycles. The number of hydrogen-bond donors (Lipinski definition) is 0. The molecule has 0 fully saturated rings. The van der Waals surface area contributed by atoms with Crippen molar-refractivity contribution in [1.82, 2.24) is 9.55 Å². The molecular formula is C8H14N2O. The molecule has 0 bridgehead atoms. The van der Waals surface area contributed by atoms with Gasteiger partial charge in [0.25, 0.3) is 0 Å². The highest BCUT2D eigenvalue weighted by Gasteiger charge is 1.89. The van der Waals surface area contributed by atoms with Crippen LogP contribution >= 0.6 is 0 Å². The summed E-state index contributed by atoms with van der Waals surface area (Å²) >= 11 is 0. The van der Waals surface area contributed by atoms with Gasteiger partial charge < -0.3 is 0 Å². The van der Waals surface area contributed by atoms with Gasteiger partial charge in [-0.05, 0) is 13.0 Å². The molecule has 0 radical (unpaired) electrons. The van der Waals surface area contributed by atoms with Crippen molar-refractivity contribution in [1.29, 1.82) is 0 Å². The molecule has 3 heteroatoms. The van der Waals surface area contributed by atoms with Crippen molar-refractivity contribution in [2.75, 3.05) is 0 Å². The minimum Gasteiger partial charge on any atom is -0.300 e. The van der Waals surface area contributed by atoms with E-state index in [1.165, 1.54) is 10.8 Å². The molecule has 1 aromatic rings. The molecule has 0 aliphatic rings. The van der Waals surface area contributed by atoms with Gasteiger partial charge in [0.15, 0.2) is 0 Å². The second kappa shape index (κ2) is 4.66. The van der Waals surface area contributed by atoms with E-state index in [0.717, 1.165) is 5.69 Å². The van der Waals surface area contributed by atoms with Crippen LogP contribution in [0.4, 0.5) is 0 Å². The summed E-state index contributed by atoms with van der Waals surface area (Å²) in [6, 6.07) is 1.79. The van der Waals surface area contributed by atoms with Crippen LogP contribution in [0.15, 0.2) is 17.1 Å². The minimum absolute atomic E-state index is 0.199. The average Bonchev–Trinajstić information content (AvgIpc) is 2.04. The summed E-state index contributed by atoms with van der Waals surface area (Å²) in [5.74, 6) is 0. The highest BCUT2D eigenvalue weighted by atomic mass is 16.1. The Hall–Kier alpha value is -1.12. The lowest BCUT2D eigenvalue weighted by atomic mass is 10.4. The predicted octanol–water partition coefficient (Wildman–Crippen LogP) is 1.11. The Labute approximate surface area is 66.7 Å². The van der Waals surface area contributed by atoms with E-state index in [0.29, 0.717) is 0 Å². The third-order valence-corrected chi connectivity index (χ3v) is 1.32. The second-order valence-corrected chi connectivity index (χ2v) is 1.93. The standard InChI is InChI=1S/C6H8N2O.C2H6/c1-5-3-4-7-6(9)8(5)2;1-2/h3-4H,1-2H3;1-2H3. The molecular weight excluding hydrogens is 140 g/mol. The molecule has 11 heavy (non-hydrogen) atoms. The molecule has 0 aliphatic heterocycles. The summed E-state index contributed by atoms with van der Waals surface area (Å²) in [4.78, 5) is 14.2. The smallest absolute Gasteiger partial charge is 0.300 e. The number of aromatic nitrogens is 2. The molecule has 0 amide bonds. The maximum atomic E-state index is 10.7. The Bertz CT molecular complexity index is 265. The zero-order chi connectivity index (χ0) is 8.85. The topological polar surface area (TPSA) is 34.9 Å². The van der Waals surface area contributed by atoms with Crippen LogP contribution in [0.5, 0.6) is 0 Å². The van der Waals surface area contributed by atoms with Crippen molar-refractivity contribution in [2.45, 2.75) is 20.8 Å². The van der Waals surface area contributed by atoms with Crippen LogP contribution in [0.3, 0.4) is 0 Å². The fourth-order valence-corrected chi connectivity index (χ4v) is 0.558. The number of aryl methyl sites for hydroxylation is 1. The molecule has 0 unspecified atom stereocenters. The fourth-order valence-electron chi connectivity index (χ4n) is 0.558. The van der Waals surface area contributed by atoms with Gasteiger partial charge in [-0.15, -0.1) is 0 Å². The lowest BCUT2D eigenvalue weighted by Crippen LogP contribution is -2.20. The van der Waals surface area contributed by atoms with Gasteiger partial charge in [-0.2, -0.15) is 0 Å². The van der Waals surface area contributed by atoms with Crippen LogP contribution in [0.25, 0.3) is 0 Å². The van der Waals surface area contributed by atoms with Gasteiger partial charge in [0, 0.05) is 18.9 Å². The molecule has 0 spiro atoms. The van der Waals surface area contributed by atoms with Crippen molar-refractivity contribution >= 4 is 0 Å². The zero-order valence-corrected chi connectivity index (χ0v) is 7.46. The van der Waals surface area contributed by atoms with Crippen LogP contribution in [-0.4, -0.2) is 9.55 Å². The van der Waals surface area contributed by atoms with E-state index < -0.39 is 0 Å². The number of rotatable bonds is 0. The van der Waals surface area contributed by atoms with Gasteiger partial charge in [0.2, 0.25) is 0 Å². The maximum Gasteiger partial charge on any atom is 0.347 e. The third-order valence-electron chi connectivity index (χ3n) is 1.32. The van der Waals surface area contributed by atoms with E-state index in [9.17, 15) is 4.79 Å². The Morgan fingerprint density at radius 3 is 2.36 bits per heavy atom. The molecule has 0 atom stereocenters. The van der Waals surface area contributed by atoms with Crippen LogP contribution in [0.1, 0.15) is 19.5 Å². The van der Waals surface area contributed by atoms with Crippen molar-refractivity contribution in [2.24, 2.45) is 7.05 Å². The average molecular weight is 154 g/mol. The van der Waals surface area contributed by atoms with Crippen molar-refractivity contribution in [3.05, 3.63) is 28.4 Å². The van der Waals surface area contributed by atoms with Gasteiger partial charge in [-0.25, -0.2) is 9.78 Å². The van der Waals surface area contributed by atoms with E-state index in [4.69, 9.17) is 0 Å². The van der Waals surface area contributed by atoms with Gasteiger partial charge >= 0.3 is 5.69 Å². The van der Waals surface area contributed by atoms with Crippen LogP contribution in [0.2, 0.25) is 0 Å². The van der Waals surface area contributed by atoms with Gasteiger partial charge in [-0.1, -0.05) is 13.8 Å². The number of hydrogen-bond acceptors (Lipinski definition) is 2. The summed E-state index contributed by atoms with van der Waals surface area (Å²) in [6.45, 7) is 5.86. The first-order valence-corrected chi connectivity index (χ1v) is 3.70. The molecule has 1 rings (SSSR count). The highest BCUT2D eigenvalue weighted by molar-refractivity contribution is 4.96. The molecule has 3 nitrogen and oxygen atoms in total. The lowest BCUT2D eigenvalue weighted by Gasteiger charge is -1.97. The van der Waals surface area contributed by atoms with Gasteiger partial charge in [-0.3, -0.25) is 4.57 Å². The van der Waals surface area contributed by atoms with Crippen LogP contribution in [-0.2, 0) is 7.05 Å². The first kappa shape index (κ1) is 9.88. The summed E-state index contributed by atoms with van der Waals surface area (Å²) in [5, 5.41) is 0. The van der Waals surface area contributed by atoms with Gasteiger partial charge in [0.1, 0.15) is 0 Å². The van der Waals surface area contributed by atoms with Crippen molar-refractivity contribution in [3.8, 4) is 0 Å². The summed E-state index contributed by atoms with van der Waals surface area (Å²) in [5.41, 5.74) is 0.727. The Balaban J connectivity index is 0.000000461. The Kier molecular flexibility index (Phi) is 4.18. The molecule has 0 saturated heterocycles. The molecule has 0 aromatic carbocycles. The maximum absolute atomic E-state index is 10.7. The summed E-state index contributed by atoms with van der Waals surface area (Å²) in [7, 11) is 1.70. The second-order valence-electron chi connectivity index (χ2n) is 1.93. The summed E-state index contributed by atoms with van der Waals surface area (Å²) < 4.78 is 1.50. The molecule has 1 heterocycles. The Morgan fingerprint density at radius 2 is 2.00 bits per heavy atom. The third kappa shape index (κ3) is 2.53. The van der Waals surface area contributed by atoms with Crippen molar-refractivity contribution in [3.63, 3.8) is 0 Å². The molecule has 62 valence electrons. The first-order chi connectivity index (χ1) is 5.22. The van der Waals surface area contributed by atoms with Crippen LogP contribution in [0, 0.1) is 6.92 Å². The molecule has 1 aromatic heterocycles. The van der Waals surface area contributed by atoms with E-state index in [2.05, 4.69) is 4.98 Å². The van der Waals surface area contributed by atoms with E-state index in [1.54, 1.807) is 13.1 Å². The first-order valence-electron chi connectivity index (χ1n) is 3.70. The molecule has 0 N–H and O–H groups in total. The SMILES string of the molecule is CC.Cc1ccnc(=O)n1C. The lowest BCUT2D eigenvalue weighted by molar-refractivity contribution is 0.775. The largest absolute Gasteiger partial charge is 0.347 e. The predicted molar refractivity (Wildman–Crippen MR) is 45.6 cm³/mol. The summed E-state index contributed by atoms with van der Waals surface area (Å²) in [6.07, 6.45) is 1.51. The van der Waals surface area contributed by atoms with Gasteiger partial charge in [0.05, 0.1) is 0 Å². The van der Waals surface area contributed by atoms with Crippen molar-refractivity contribution < 1.29 is 0 Å².